The fourth-order valence-electron chi connectivity index (χ4n) is 8.40. The molecule has 0 N–H and O–H groups in total. The Kier molecular flexibility index (Phi) is 52.3. The lowest BCUT2D eigenvalue weighted by molar-refractivity contribution is -0.167. The summed E-state index contributed by atoms with van der Waals surface area (Å²) in [5, 5.41) is 0. The van der Waals surface area contributed by atoms with Gasteiger partial charge in [-0.2, -0.15) is 0 Å². The molecule has 6 nitrogen and oxygen atoms in total. The fraction of sp³-hybridized carbons (Fsp3) is 0.847. The molecular weight excluding hydrogens is 805 g/mol. The third-order valence-corrected chi connectivity index (χ3v) is 12.7. The quantitative estimate of drug-likeness (QED) is 0.0262. The SMILES string of the molecule is CC/C=C\C/C=C\C/C=C\CCCCCCCCCCCC(=O)OCC(COC(=O)CCCCCCCCCCCCCCCC)OC(=O)CCCCCCCCCCCCCCCC. The third-order valence-electron chi connectivity index (χ3n) is 12.7. The highest BCUT2D eigenvalue weighted by Gasteiger charge is 2.19. The normalized spacial score (nSPS) is 12.2. The first kappa shape index (κ1) is 62.6. The highest BCUT2D eigenvalue weighted by Crippen LogP contribution is 2.17. The second kappa shape index (κ2) is 54.2. The lowest BCUT2D eigenvalue weighted by Crippen LogP contribution is -2.30. The van der Waals surface area contributed by atoms with Gasteiger partial charge < -0.3 is 14.2 Å². The highest BCUT2D eigenvalue weighted by molar-refractivity contribution is 5.71. The molecule has 0 aromatic carbocycles. The molecule has 0 saturated carbocycles. The maximum absolute atomic E-state index is 12.8. The van der Waals surface area contributed by atoms with Gasteiger partial charge in [0.25, 0.3) is 0 Å². The zero-order chi connectivity index (χ0) is 47.2. The number of allylic oxidation sites excluding steroid dienone is 6. The molecule has 0 bridgehead atoms. The van der Waals surface area contributed by atoms with E-state index in [-0.39, 0.29) is 31.1 Å². The van der Waals surface area contributed by atoms with E-state index in [2.05, 4.69) is 57.2 Å². The molecule has 1 atom stereocenters. The van der Waals surface area contributed by atoms with Crippen molar-refractivity contribution in [2.45, 2.75) is 309 Å². The summed E-state index contributed by atoms with van der Waals surface area (Å²) in [5.41, 5.74) is 0. The van der Waals surface area contributed by atoms with Crippen molar-refractivity contribution in [1.82, 2.24) is 0 Å². The maximum Gasteiger partial charge on any atom is 0.306 e. The van der Waals surface area contributed by atoms with Crippen LogP contribution in [-0.2, 0) is 28.6 Å². The largest absolute Gasteiger partial charge is 0.462 e. The van der Waals surface area contributed by atoms with E-state index in [1.54, 1.807) is 0 Å². The van der Waals surface area contributed by atoms with Crippen molar-refractivity contribution in [2.75, 3.05) is 13.2 Å². The molecule has 0 amide bonds. The molecule has 0 spiro atoms. The molecule has 65 heavy (non-hydrogen) atoms. The molecule has 0 aliphatic carbocycles. The van der Waals surface area contributed by atoms with Crippen LogP contribution in [0.4, 0.5) is 0 Å². The molecule has 0 aliphatic heterocycles. The van der Waals surface area contributed by atoms with Crippen molar-refractivity contribution < 1.29 is 28.6 Å². The van der Waals surface area contributed by atoms with Gasteiger partial charge in [0.05, 0.1) is 0 Å². The molecule has 0 aromatic heterocycles. The molecule has 0 rings (SSSR count). The number of hydrogen-bond acceptors (Lipinski definition) is 6. The minimum Gasteiger partial charge on any atom is -0.462 e. The summed E-state index contributed by atoms with van der Waals surface area (Å²) >= 11 is 0. The van der Waals surface area contributed by atoms with Gasteiger partial charge in [0.2, 0.25) is 0 Å². The van der Waals surface area contributed by atoms with E-state index in [0.717, 1.165) is 77.0 Å². The smallest absolute Gasteiger partial charge is 0.306 e. The standard InChI is InChI=1S/C59H108O6/c1-4-7-10-13-16-19-22-25-28-29-30-31-32-35-37-40-43-46-49-52-58(61)64-55-56(65-59(62)53-50-47-44-41-38-34-27-24-21-18-15-12-9-6-3)54-63-57(60)51-48-45-42-39-36-33-26-23-20-17-14-11-8-5-2/h7,10,16,19,25,28,56H,4-6,8-9,11-15,17-18,20-24,26-27,29-55H2,1-3H3/b10-7-,19-16-,28-25-. The summed E-state index contributed by atoms with van der Waals surface area (Å²) in [6.07, 6.45) is 64.1. The van der Waals surface area contributed by atoms with Crippen LogP contribution in [0.2, 0.25) is 0 Å². The van der Waals surface area contributed by atoms with Crippen LogP contribution in [0.1, 0.15) is 303 Å². The van der Waals surface area contributed by atoms with Gasteiger partial charge in [0.1, 0.15) is 13.2 Å². The van der Waals surface area contributed by atoms with Gasteiger partial charge in [0, 0.05) is 19.3 Å². The summed E-state index contributed by atoms with van der Waals surface area (Å²) in [6.45, 7) is 6.57. The second-order valence-corrected chi connectivity index (χ2v) is 19.2. The van der Waals surface area contributed by atoms with Crippen LogP contribution in [0, 0.1) is 0 Å². The molecule has 0 aliphatic rings. The van der Waals surface area contributed by atoms with E-state index in [4.69, 9.17) is 14.2 Å². The van der Waals surface area contributed by atoms with Gasteiger partial charge in [-0.3, -0.25) is 14.4 Å². The van der Waals surface area contributed by atoms with Crippen LogP contribution >= 0.6 is 0 Å². The summed E-state index contributed by atoms with van der Waals surface area (Å²) in [6, 6.07) is 0. The second-order valence-electron chi connectivity index (χ2n) is 19.2. The monoisotopic (exact) mass is 913 g/mol. The molecule has 1 unspecified atom stereocenters. The molecule has 0 radical (unpaired) electrons. The van der Waals surface area contributed by atoms with Crippen LogP contribution < -0.4 is 0 Å². The van der Waals surface area contributed by atoms with E-state index in [1.807, 2.05) is 0 Å². The summed E-state index contributed by atoms with van der Waals surface area (Å²) < 4.78 is 16.9. The third kappa shape index (κ3) is 52.5. The fourth-order valence-corrected chi connectivity index (χ4v) is 8.40. The van der Waals surface area contributed by atoms with E-state index >= 15 is 0 Å². The van der Waals surface area contributed by atoms with Crippen LogP contribution in [0.5, 0.6) is 0 Å². The van der Waals surface area contributed by atoms with E-state index in [9.17, 15) is 14.4 Å². The van der Waals surface area contributed by atoms with Gasteiger partial charge in [0.15, 0.2) is 6.10 Å². The number of rotatable bonds is 52. The Labute approximate surface area is 404 Å². The van der Waals surface area contributed by atoms with Gasteiger partial charge in [-0.1, -0.05) is 269 Å². The minimum atomic E-state index is -0.769. The lowest BCUT2D eigenvalue weighted by Gasteiger charge is -2.18. The number of unbranched alkanes of at least 4 members (excludes halogenated alkanes) is 35. The number of hydrogen-bond donors (Lipinski definition) is 0. The Morgan fingerprint density at radius 2 is 0.600 bits per heavy atom. The van der Waals surface area contributed by atoms with Crippen LogP contribution in [0.25, 0.3) is 0 Å². The summed E-state index contributed by atoms with van der Waals surface area (Å²) in [7, 11) is 0. The number of carbonyl (C=O) groups is 3. The highest BCUT2D eigenvalue weighted by atomic mass is 16.6. The first-order valence-corrected chi connectivity index (χ1v) is 28.5. The minimum absolute atomic E-state index is 0.0685. The Hall–Kier alpha value is -2.37. The molecular formula is C59H108O6. The number of ether oxygens (including phenoxy) is 3. The van der Waals surface area contributed by atoms with Crippen molar-refractivity contribution in [3.63, 3.8) is 0 Å². The Morgan fingerprint density at radius 1 is 0.323 bits per heavy atom. The molecule has 6 heteroatoms. The molecule has 0 saturated heterocycles. The summed E-state index contributed by atoms with van der Waals surface area (Å²) in [5.74, 6) is -0.855. The van der Waals surface area contributed by atoms with Crippen molar-refractivity contribution in [3.05, 3.63) is 36.5 Å². The molecule has 380 valence electrons. The van der Waals surface area contributed by atoms with E-state index in [0.29, 0.717) is 19.3 Å². The van der Waals surface area contributed by atoms with Crippen LogP contribution in [0.15, 0.2) is 36.5 Å². The van der Waals surface area contributed by atoms with Crippen molar-refractivity contribution in [1.29, 1.82) is 0 Å². The van der Waals surface area contributed by atoms with Crippen LogP contribution in [-0.4, -0.2) is 37.2 Å². The number of carbonyl (C=O) groups excluding carboxylic acids is 3. The molecule has 0 heterocycles. The van der Waals surface area contributed by atoms with Gasteiger partial charge in [-0.15, -0.1) is 0 Å². The Morgan fingerprint density at radius 3 is 0.938 bits per heavy atom. The predicted octanol–water partition coefficient (Wildman–Crippen LogP) is 18.9. The first-order valence-electron chi connectivity index (χ1n) is 28.5. The first-order chi connectivity index (χ1) is 32.0. The van der Waals surface area contributed by atoms with E-state index < -0.39 is 6.10 Å². The van der Waals surface area contributed by atoms with Crippen LogP contribution in [0.3, 0.4) is 0 Å². The maximum atomic E-state index is 12.8. The van der Waals surface area contributed by atoms with E-state index in [1.165, 1.54) is 186 Å². The molecule has 0 aromatic rings. The van der Waals surface area contributed by atoms with Crippen molar-refractivity contribution >= 4 is 17.9 Å². The van der Waals surface area contributed by atoms with Crippen molar-refractivity contribution in [3.8, 4) is 0 Å². The summed E-state index contributed by atoms with van der Waals surface area (Å²) in [4.78, 5) is 38.1. The Balaban J connectivity index is 4.32. The van der Waals surface area contributed by atoms with Gasteiger partial charge >= 0.3 is 17.9 Å². The zero-order valence-electron chi connectivity index (χ0n) is 43.5. The predicted molar refractivity (Wildman–Crippen MR) is 279 cm³/mol. The lowest BCUT2D eigenvalue weighted by atomic mass is 10.0. The number of esters is 3. The average Bonchev–Trinajstić information content (AvgIpc) is 3.30. The zero-order valence-corrected chi connectivity index (χ0v) is 43.5. The van der Waals surface area contributed by atoms with Gasteiger partial charge in [-0.05, 0) is 51.4 Å². The Bertz CT molecular complexity index is 1090. The average molecular weight is 914 g/mol. The molecule has 0 fully saturated rings. The van der Waals surface area contributed by atoms with Gasteiger partial charge in [-0.25, -0.2) is 0 Å². The topological polar surface area (TPSA) is 78.9 Å². The van der Waals surface area contributed by atoms with Crippen molar-refractivity contribution in [2.24, 2.45) is 0 Å².